The van der Waals surface area contributed by atoms with E-state index in [1.807, 2.05) is 0 Å². The van der Waals surface area contributed by atoms with E-state index >= 15 is 0 Å². The van der Waals surface area contributed by atoms with Gasteiger partial charge in [-0.2, -0.15) is 0 Å². The summed E-state index contributed by atoms with van der Waals surface area (Å²) in [6, 6.07) is 2.73. The van der Waals surface area contributed by atoms with Crippen LogP contribution >= 0.6 is 0 Å². The standard InChI is InChI=1S/C12H12FN3O3/c1-6-11(18)15-10(17)5-16(6)12(19)8-4-7(14)2-3-9(8)13/h2-4,6H,5,14H2,1H3,(H,15,17,18). The van der Waals surface area contributed by atoms with Crippen LogP contribution in [0.4, 0.5) is 10.1 Å². The van der Waals surface area contributed by atoms with E-state index in [-0.39, 0.29) is 17.8 Å². The van der Waals surface area contributed by atoms with E-state index in [1.54, 1.807) is 0 Å². The first kappa shape index (κ1) is 13.0. The molecule has 0 radical (unpaired) electrons. The molecule has 1 saturated heterocycles. The third-order valence-corrected chi connectivity index (χ3v) is 2.91. The lowest BCUT2D eigenvalue weighted by atomic mass is 10.1. The molecule has 0 aromatic heterocycles. The fourth-order valence-electron chi connectivity index (χ4n) is 1.82. The van der Waals surface area contributed by atoms with Crippen molar-refractivity contribution in [1.82, 2.24) is 10.2 Å². The van der Waals surface area contributed by atoms with E-state index < -0.39 is 29.6 Å². The minimum absolute atomic E-state index is 0.227. The van der Waals surface area contributed by atoms with Crippen molar-refractivity contribution < 1.29 is 18.8 Å². The molecule has 1 aromatic rings. The molecule has 1 aliphatic heterocycles. The van der Waals surface area contributed by atoms with Crippen LogP contribution in [0.5, 0.6) is 0 Å². The van der Waals surface area contributed by atoms with Crippen molar-refractivity contribution >= 4 is 23.4 Å². The van der Waals surface area contributed by atoms with Gasteiger partial charge in [0.2, 0.25) is 11.8 Å². The summed E-state index contributed by atoms with van der Waals surface area (Å²) in [4.78, 5) is 35.9. The zero-order valence-corrected chi connectivity index (χ0v) is 10.1. The van der Waals surface area contributed by atoms with Crippen molar-refractivity contribution in [3.05, 3.63) is 29.6 Å². The van der Waals surface area contributed by atoms with Gasteiger partial charge in [0.05, 0.1) is 5.56 Å². The molecule has 0 saturated carbocycles. The number of nitrogens with two attached hydrogens (primary N) is 1. The van der Waals surface area contributed by atoms with Crippen molar-refractivity contribution in [3.63, 3.8) is 0 Å². The number of nitrogen functional groups attached to an aromatic ring is 1. The smallest absolute Gasteiger partial charge is 0.258 e. The van der Waals surface area contributed by atoms with Gasteiger partial charge in [-0.15, -0.1) is 0 Å². The second-order valence-electron chi connectivity index (χ2n) is 4.26. The summed E-state index contributed by atoms with van der Waals surface area (Å²) in [5.41, 5.74) is 5.47. The number of nitrogens with one attached hydrogen (secondary N) is 1. The van der Waals surface area contributed by atoms with Crippen molar-refractivity contribution in [1.29, 1.82) is 0 Å². The van der Waals surface area contributed by atoms with E-state index in [0.29, 0.717) is 0 Å². The zero-order chi connectivity index (χ0) is 14.2. The van der Waals surface area contributed by atoms with Gasteiger partial charge in [-0.05, 0) is 25.1 Å². The quantitative estimate of drug-likeness (QED) is 0.547. The molecule has 1 aromatic carbocycles. The van der Waals surface area contributed by atoms with Crippen LogP contribution in [0.15, 0.2) is 18.2 Å². The first-order valence-electron chi connectivity index (χ1n) is 5.60. The topological polar surface area (TPSA) is 92.5 Å². The summed E-state index contributed by atoms with van der Waals surface area (Å²) in [5.74, 6) is -2.67. The number of rotatable bonds is 1. The second kappa shape index (κ2) is 4.68. The molecular weight excluding hydrogens is 253 g/mol. The lowest BCUT2D eigenvalue weighted by Gasteiger charge is -2.31. The van der Waals surface area contributed by atoms with Gasteiger partial charge in [0, 0.05) is 5.69 Å². The molecule has 3 amide bonds. The Kier molecular flexibility index (Phi) is 3.20. The van der Waals surface area contributed by atoms with Gasteiger partial charge in [0.25, 0.3) is 5.91 Å². The van der Waals surface area contributed by atoms with Crippen molar-refractivity contribution in [2.24, 2.45) is 0 Å². The molecule has 19 heavy (non-hydrogen) atoms. The first-order valence-corrected chi connectivity index (χ1v) is 5.60. The summed E-state index contributed by atoms with van der Waals surface area (Å²) in [6.45, 7) is 1.17. The van der Waals surface area contributed by atoms with Crippen LogP contribution < -0.4 is 11.1 Å². The molecule has 0 spiro atoms. The SMILES string of the molecule is CC1C(=O)NC(=O)CN1C(=O)c1cc(N)ccc1F. The molecule has 6 nitrogen and oxygen atoms in total. The fourth-order valence-corrected chi connectivity index (χ4v) is 1.82. The highest BCUT2D eigenvalue weighted by Gasteiger charge is 2.34. The van der Waals surface area contributed by atoms with Crippen molar-refractivity contribution in [2.45, 2.75) is 13.0 Å². The van der Waals surface area contributed by atoms with Crippen molar-refractivity contribution in [2.75, 3.05) is 12.3 Å². The molecule has 0 bridgehead atoms. The number of anilines is 1. The Hall–Kier alpha value is -2.44. The molecule has 3 N–H and O–H groups in total. The minimum Gasteiger partial charge on any atom is -0.399 e. The zero-order valence-electron chi connectivity index (χ0n) is 10.1. The monoisotopic (exact) mass is 265 g/mol. The molecule has 100 valence electrons. The number of carbonyl (C=O) groups is 3. The van der Waals surface area contributed by atoms with Gasteiger partial charge >= 0.3 is 0 Å². The molecular formula is C12H12FN3O3. The largest absolute Gasteiger partial charge is 0.399 e. The number of carbonyl (C=O) groups excluding carboxylic acids is 3. The van der Waals surface area contributed by atoms with Gasteiger partial charge in [0.1, 0.15) is 18.4 Å². The summed E-state index contributed by atoms with van der Waals surface area (Å²) in [7, 11) is 0. The Balaban J connectivity index is 2.35. The number of hydrogen-bond donors (Lipinski definition) is 2. The normalized spacial score (nSPS) is 19.3. The molecule has 0 aliphatic carbocycles. The van der Waals surface area contributed by atoms with E-state index in [4.69, 9.17) is 5.73 Å². The Morgan fingerprint density at radius 1 is 1.47 bits per heavy atom. The van der Waals surface area contributed by atoms with Crippen LogP contribution in [0.3, 0.4) is 0 Å². The maximum Gasteiger partial charge on any atom is 0.258 e. The van der Waals surface area contributed by atoms with Crippen LogP contribution in [-0.2, 0) is 9.59 Å². The van der Waals surface area contributed by atoms with Gasteiger partial charge in [-0.3, -0.25) is 19.7 Å². The number of nitrogens with zero attached hydrogens (tertiary/aromatic N) is 1. The van der Waals surface area contributed by atoms with Gasteiger partial charge in [-0.1, -0.05) is 0 Å². The van der Waals surface area contributed by atoms with E-state index in [2.05, 4.69) is 5.32 Å². The highest BCUT2D eigenvalue weighted by atomic mass is 19.1. The molecule has 1 heterocycles. The Morgan fingerprint density at radius 2 is 2.16 bits per heavy atom. The van der Waals surface area contributed by atoms with Crippen LogP contribution in [0.2, 0.25) is 0 Å². The van der Waals surface area contributed by atoms with Crippen LogP contribution in [0.1, 0.15) is 17.3 Å². The second-order valence-corrected chi connectivity index (χ2v) is 4.26. The van der Waals surface area contributed by atoms with Gasteiger partial charge in [0.15, 0.2) is 0 Å². The maximum atomic E-state index is 13.6. The molecule has 1 atom stereocenters. The van der Waals surface area contributed by atoms with Crippen LogP contribution in [0.25, 0.3) is 0 Å². The molecule has 2 rings (SSSR count). The van der Waals surface area contributed by atoms with Gasteiger partial charge in [-0.25, -0.2) is 4.39 Å². The lowest BCUT2D eigenvalue weighted by Crippen LogP contribution is -2.58. The molecule has 1 aliphatic rings. The fraction of sp³-hybridized carbons (Fsp3) is 0.250. The molecule has 1 unspecified atom stereocenters. The third-order valence-electron chi connectivity index (χ3n) is 2.91. The highest BCUT2D eigenvalue weighted by Crippen LogP contribution is 2.17. The number of hydrogen-bond acceptors (Lipinski definition) is 4. The summed E-state index contributed by atoms with van der Waals surface area (Å²) < 4.78 is 13.6. The average molecular weight is 265 g/mol. The number of piperazine rings is 1. The Labute approximate surface area is 108 Å². The van der Waals surface area contributed by atoms with E-state index in [9.17, 15) is 18.8 Å². The minimum atomic E-state index is -0.842. The maximum absolute atomic E-state index is 13.6. The number of amides is 3. The van der Waals surface area contributed by atoms with Crippen LogP contribution in [-0.4, -0.2) is 35.2 Å². The number of benzene rings is 1. The first-order chi connectivity index (χ1) is 8.90. The Morgan fingerprint density at radius 3 is 2.84 bits per heavy atom. The highest BCUT2D eigenvalue weighted by molar-refractivity contribution is 6.07. The van der Waals surface area contributed by atoms with Crippen LogP contribution in [0, 0.1) is 5.82 Å². The summed E-state index contributed by atoms with van der Waals surface area (Å²) >= 11 is 0. The molecule has 7 heteroatoms. The van der Waals surface area contributed by atoms with Gasteiger partial charge < -0.3 is 10.6 Å². The number of imide groups is 1. The predicted molar refractivity (Wildman–Crippen MR) is 64.5 cm³/mol. The summed E-state index contributed by atoms with van der Waals surface area (Å²) in [6.07, 6.45) is 0. The average Bonchev–Trinajstić information content (AvgIpc) is 2.36. The predicted octanol–water partition coefficient (Wildman–Crippen LogP) is -0.105. The van der Waals surface area contributed by atoms with E-state index in [1.165, 1.54) is 19.1 Å². The number of halogens is 1. The summed E-state index contributed by atoms with van der Waals surface area (Å²) in [5, 5.41) is 2.10. The van der Waals surface area contributed by atoms with Crippen molar-refractivity contribution in [3.8, 4) is 0 Å². The van der Waals surface area contributed by atoms with E-state index in [0.717, 1.165) is 11.0 Å². The molecule has 1 fully saturated rings. The third kappa shape index (κ3) is 2.40. The lowest BCUT2D eigenvalue weighted by molar-refractivity contribution is -0.138. The Bertz CT molecular complexity index is 573.